The van der Waals surface area contributed by atoms with E-state index in [4.69, 9.17) is 0 Å². The van der Waals surface area contributed by atoms with Crippen molar-refractivity contribution in [2.45, 2.75) is 26.2 Å². The second kappa shape index (κ2) is 7.40. The Labute approximate surface area is 120 Å². The molecule has 0 aliphatic carbocycles. The van der Waals surface area contributed by atoms with Gasteiger partial charge in [0.25, 0.3) is 0 Å². The van der Waals surface area contributed by atoms with E-state index in [9.17, 15) is 18.3 Å². The van der Waals surface area contributed by atoms with Crippen LogP contribution in [0.4, 0.5) is 0 Å². The van der Waals surface area contributed by atoms with Gasteiger partial charge in [0.1, 0.15) is 0 Å². The van der Waals surface area contributed by atoms with Crippen molar-refractivity contribution in [1.82, 2.24) is 4.72 Å². The van der Waals surface area contributed by atoms with Crippen LogP contribution >= 0.6 is 0 Å². The van der Waals surface area contributed by atoms with Crippen LogP contribution < -0.4 is 4.72 Å². The molecule has 0 amide bonds. The van der Waals surface area contributed by atoms with E-state index in [0.29, 0.717) is 12.0 Å². The van der Waals surface area contributed by atoms with Gasteiger partial charge in [0.15, 0.2) is 0 Å². The van der Waals surface area contributed by atoms with Crippen molar-refractivity contribution >= 4 is 16.0 Å². The molecule has 0 heterocycles. The summed E-state index contributed by atoms with van der Waals surface area (Å²) in [5, 5.41) is 9.21. The first kappa shape index (κ1) is 16.7. The molecule has 1 unspecified atom stereocenters. The predicted octanol–water partition coefficient (Wildman–Crippen LogP) is 1.82. The molecule has 1 rings (SSSR count). The van der Waals surface area contributed by atoms with Gasteiger partial charge in [-0.2, -0.15) is 0 Å². The molecule has 0 spiro atoms. The zero-order valence-electron chi connectivity index (χ0n) is 11.7. The van der Waals surface area contributed by atoms with Gasteiger partial charge in [-0.1, -0.05) is 44.2 Å². The number of carboxylic acids is 1. The van der Waals surface area contributed by atoms with Crippen LogP contribution in [0.25, 0.3) is 0 Å². The van der Waals surface area contributed by atoms with Gasteiger partial charge in [0.2, 0.25) is 10.0 Å². The predicted molar refractivity (Wildman–Crippen MR) is 78.1 cm³/mol. The fourth-order valence-corrected chi connectivity index (χ4v) is 3.05. The maximum absolute atomic E-state index is 11.8. The van der Waals surface area contributed by atoms with Crippen LogP contribution in [-0.4, -0.2) is 31.8 Å². The fourth-order valence-electron chi connectivity index (χ4n) is 1.71. The van der Waals surface area contributed by atoms with Gasteiger partial charge >= 0.3 is 5.97 Å². The number of carbonyl (C=O) groups is 1. The Hall–Kier alpha value is -1.40. The summed E-state index contributed by atoms with van der Waals surface area (Å²) >= 11 is 0. The molecule has 6 heteroatoms. The first-order valence-electron chi connectivity index (χ1n) is 6.57. The topological polar surface area (TPSA) is 83.5 Å². The number of hydrogen-bond donors (Lipinski definition) is 2. The van der Waals surface area contributed by atoms with Gasteiger partial charge in [0, 0.05) is 6.54 Å². The molecule has 0 saturated heterocycles. The zero-order chi connectivity index (χ0) is 15.2. The molecule has 1 aromatic rings. The second-order valence-corrected chi connectivity index (χ2v) is 7.08. The lowest BCUT2D eigenvalue weighted by atomic mass is 10.00. The number of aliphatic carboxylic acids is 1. The Kier molecular flexibility index (Phi) is 6.16. The van der Waals surface area contributed by atoms with Crippen molar-refractivity contribution in [2.75, 3.05) is 12.3 Å². The summed E-state index contributed by atoms with van der Waals surface area (Å²) in [4.78, 5) is 11.2. The summed E-state index contributed by atoms with van der Waals surface area (Å²) in [6, 6.07) is 8.62. The largest absolute Gasteiger partial charge is 0.481 e. The lowest BCUT2D eigenvalue weighted by Gasteiger charge is -2.14. The van der Waals surface area contributed by atoms with E-state index in [1.54, 1.807) is 30.3 Å². The third kappa shape index (κ3) is 5.71. The molecule has 0 aliphatic heterocycles. The number of sulfonamides is 1. The van der Waals surface area contributed by atoms with Gasteiger partial charge < -0.3 is 5.11 Å². The highest BCUT2D eigenvalue weighted by Crippen LogP contribution is 2.15. The Morgan fingerprint density at radius 2 is 1.85 bits per heavy atom. The Bertz CT molecular complexity index is 525. The smallest absolute Gasteiger partial charge is 0.312 e. The van der Waals surface area contributed by atoms with E-state index in [1.807, 2.05) is 13.8 Å². The molecule has 0 aliphatic rings. The summed E-state index contributed by atoms with van der Waals surface area (Å²) in [5.41, 5.74) is 0.589. The Morgan fingerprint density at radius 3 is 2.35 bits per heavy atom. The molecule has 2 N–H and O–H groups in total. The third-order valence-electron chi connectivity index (χ3n) is 2.97. The van der Waals surface area contributed by atoms with Crippen LogP contribution in [-0.2, 0) is 14.8 Å². The quantitative estimate of drug-likeness (QED) is 0.767. The molecular formula is C14H21NO4S. The van der Waals surface area contributed by atoms with Crippen LogP contribution in [0, 0.1) is 5.92 Å². The highest BCUT2D eigenvalue weighted by Gasteiger charge is 2.22. The normalized spacial score (nSPS) is 13.3. The van der Waals surface area contributed by atoms with Crippen LogP contribution in [0.2, 0.25) is 0 Å². The van der Waals surface area contributed by atoms with E-state index in [0.717, 1.165) is 0 Å². The zero-order valence-corrected chi connectivity index (χ0v) is 12.6. The number of nitrogens with one attached hydrogen (secondary N) is 1. The maximum Gasteiger partial charge on any atom is 0.312 e. The molecule has 0 radical (unpaired) electrons. The number of carboxylic acid groups (broad SMARTS) is 1. The van der Waals surface area contributed by atoms with Crippen LogP contribution in [0.5, 0.6) is 0 Å². The van der Waals surface area contributed by atoms with E-state index >= 15 is 0 Å². The molecule has 5 nitrogen and oxygen atoms in total. The van der Waals surface area contributed by atoms with Gasteiger partial charge in [-0.05, 0) is 17.9 Å². The molecule has 1 atom stereocenters. The summed E-state index contributed by atoms with van der Waals surface area (Å²) in [6.07, 6.45) is 0.554. The van der Waals surface area contributed by atoms with Crippen molar-refractivity contribution in [2.24, 2.45) is 5.92 Å². The number of benzene rings is 1. The van der Waals surface area contributed by atoms with Gasteiger partial charge in [-0.3, -0.25) is 4.79 Å². The van der Waals surface area contributed by atoms with E-state index < -0.39 is 21.9 Å². The minimum Gasteiger partial charge on any atom is -0.481 e. The van der Waals surface area contributed by atoms with Crippen molar-refractivity contribution in [3.63, 3.8) is 0 Å². The van der Waals surface area contributed by atoms with Gasteiger partial charge in [-0.25, -0.2) is 13.1 Å². The van der Waals surface area contributed by atoms with Crippen molar-refractivity contribution < 1.29 is 18.3 Å². The fraction of sp³-hybridized carbons (Fsp3) is 0.500. The summed E-state index contributed by atoms with van der Waals surface area (Å²) in [5.74, 6) is -1.60. The highest BCUT2D eigenvalue weighted by molar-refractivity contribution is 7.89. The molecular weight excluding hydrogens is 278 g/mol. The number of hydrogen-bond acceptors (Lipinski definition) is 3. The van der Waals surface area contributed by atoms with Crippen molar-refractivity contribution in [3.05, 3.63) is 35.9 Å². The SMILES string of the molecule is CC(C)CCS(=O)(=O)NCC(C(=O)O)c1ccccc1. The van der Waals surface area contributed by atoms with E-state index in [-0.39, 0.29) is 18.2 Å². The van der Waals surface area contributed by atoms with Crippen LogP contribution in [0.15, 0.2) is 30.3 Å². The molecule has 0 bridgehead atoms. The standard InChI is InChI=1S/C14H21NO4S/c1-11(2)8-9-20(18,19)15-10-13(14(16)17)12-6-4-3-5-7-12/h3-7,11,13,15H,8-10H2,1-2H3,(H,16,17). The molecule has 112 valence electrons. The maximum atomic E-state index is 11.8. The summed E-state index contributed by atoms with van der Waals surface area (Å²) < 4.78 is 26.0. The Balaban J connectivity index is 2.67. The number of rotatable bonds is 8. The minimum atomic E-state index is -3.43. The van der Waals surface area contributed by atoms with E-state index in [2.05, 4.69) is 4.72 Å². The van der Waals surface area contributed by atoms with Crippen molar-refractivity contribution in [3.8, 4) is 0 Å². The van der Waals surface area contributed by atoms with E-state index in [1.165, 1.54) is 0 Å². The first-order chi connectivity index (χ1) is 9.32. The van der Waals surface area contributed by atoms with Gasteiger partial charge in [-0.15, -0.1) is 0 Å². The molecule has 20 heavy (non-hydrogen) atoms. The lowest BCUT2D eigenvalue weighted by molar-refractivity contribution is -0.138. The molecule has 0 fully saturated rings. The molecule has 1 aromatic carbocycles. The third-order valence-corrected chi connectivity index (χ3v) is 4.35. The van der Waals surface area contributed by atoms with Crippen LogP contribution in [0.1, 0.15) is 31.7 Å². The average Bonchev–Trinajstić information content (AvgIpc) is 2.37. The molecule has 0 saturated carbocycles. The average molecular weight is 299 g/mol. The second-order valence-electron chi connectivity index (χ2n) is 5.15. The first-order valence-corrected chi connectivity index (χ1v) is 8.22. The van der Waals surface area contributed by atoms with Crippen LogP contribution in [0.3, 0.4) is 0 Å². The lowest BCUT2D eigenvalue weighted by Crippen LogP contribution is -2.33. The van der Waals surface area contributed by atoms with Gasteiger partial charge in [0.05, 0.1) is 11.7 Å². The highest BCUT2D eigenvalue weighted by atomic mass is 32.2. The molecule has 0 aromatic heterocycles. The summed E-state index contributed by atoms with van der Waals surface area (Å²) in [6.45, 7) is 3.76. The monoisotopic (exact) mass is 299 g/mol. The van der Waals surface area contributed by atoms with Crippen molar-refractivity contribution in [1.29, 1.82) is 0 Å². The Morgan fingerprint density at radius 1 is 1.25 bits per heavy atom. The minimum absolute atomic E-state index is 0.0196. The summed E-state index contributed by atoms with van der Waals surface area (Å²) in [7, 11) is -3.43.